The van der Waals surface area contributed by atoms with E-state index < -0.39 is 0 Å². The van der Waals surface area contributed by atoms with Gasteiger partial charge in [0, 0.05) is 19.1 Å². The normalized spacial score (nSPS) is 30.8. The Labute approximate surface area is 123 Å². The Hall–Kier alpha value is -0.160. The van der Waals surface area contributed by atoms with Crippen molar-refractivity contribution in [3.63, 3.8) is 0 Å². The molecule has 0 aromatic heterocycles. The van der Waals surface area contributed by atoms with Gasteiger partial charge in [-0.1, -0.05) is 0 Å². The number of hydrogen-bond acceptors (Lipinski definition) is 4. The van der Waals surface area contributed by atoms with Gasteiger partial charge in [0.15, 0.2) is 0 Å². The van der Waals surface area contributed by atoms with Crippen molar-refractivity contribution in [3.05, 3.63) is 0 Å². The van der Waals surface area contributed by atoms with Crippen LogP contribution in [0.4, 0.5) is 0 Å². The van der Waals surface area contributed by atoms with Gasteiger partial charge in [0.25, 0.3) is 0 Å². The fourth-order valence-corrected chi connectivity index (χ4v) is 3.60. The van der Waals surface area contributed by atoms with Gasteiger partial charge < -0.3 is 20.1 Å². The van der Waals surface area contributed by atoms with E-state index in [9.17, 15) is 5.11 Å². The smallest absolute Gasteiger partial charge is 0.0787 e. The topological polar surface area (TPSA) is 44.7 Å². The number of likely N-dealkylation sites (tertiary alicyclic amines) is 1. The molecule has 2 fully saturated rings. The number of aliphatic hydroxyl groups excluding tert-OH is 1. The summed E-state index contributed by atoms with van der Waals surface area (Å²) in [5, 5.41) is 13.2. The Morgan fingerprint density at radius 3 is 2.40 bits per heavy atom. The number of rotatable bonds is 5. The second-order valence-electron chi connectivity index (χ2n) is 7.60. The van der Waals surface area contributed by atoms with Crippen molar-refractivity contribution < 1.29 is 9.84 Å². The third-order valence-electron chi connectivity index (χ3n) is 4.67. The Balaban J connectivity index is 1.64. The molecule has 0 aliphatic carbocycles. The van der Waals surface area contributed by atoms with Gasteiger partial charge in [-0.05, 0) is 66.5 Å². The van der Waals surface area contributed by atoms with Gasteiger partial charge in [-0.3, -0.25) is 0 Å². The molecule has 2 aliphatic rings. The van der Waals surface area contributed by atoms with Gasteiger partial charge in [0.05, 0.1) is 17.3 Å². The molecule has 118 valence electrons. The molecule has 20 heavy (non-hydrogen) atoms. The summed E-state index contributed by atoms with van der Waals surface area (Å²) in [6.07, 6.45) is 4.05. The lowest BCUT2D eigenvalue weighted by atomic mass is 9.94. The second kappa shape index (κ2) is 6.30. The van der Waals surface area contributed by atoms with Crippen LogP contribution in [0.2, 0.25) is 0 Å². The van der Waals surface area contributed by atoms with Crippen molar-refractivity contribution in [1.29, 1.82) is 0 Å². The molecular formula is C16H32N2O2. The highest BCUT2D eigenvalue weighted by Crippen LogP contribution is 2.37. The predicted molar refractivity (Wildman–Crippen MR) is 81.9 cm³/mol. The maximum Gasteiger partial charge on any atom is 0.0787 e. The molecule has 2 N–H and O–H groups in total. The average molecular weight is 284 g/mol. The van der Waals surface area contributed by atoms with E-state index in [1.54, 1.807) is 0 Å². The first-order chi connectivity index (χ1) is 9.28. The molecule has 0 saturated carbocycles. The molecule has 4 heteroatoms. The fourth-order valence-electron chi connectivity index (χ4n) is 3.60. The molecule has 1 unspecified atom stereocenters. The summed E-state index contributed by atoms with van der Waals surface area (Å²) < 4.78 is 6.11. The van der Waals surface area contributed by atoms with Crippen molar-refractivity contribution in [2.45, 2.75) is 76.7 Å². The van der Waals surface area contributed by atoms with E-state index in [-0.39, 0.29) is 17.3 Å². The molecule has 4 nitrogen and oxygen atoms in total. The number of nitrogens with zero attached hydrogens (tertiary/aromatic N) is 1. The van der Waals surface area contributed by atoms with Crippen LogP contribution in [0.25, 0.3) is 0 Å². The van der Waals surface area contributed by atoms with Crippen LogP contribution in [-0.4, -0.2) is 59.5 Å². The zero-order chi connectivity index (χ0) is 14.8. The largest absolute Gasteiger partial charge is 0.393 e. The van der Waals surface area contributed by atoms with E-state index in [0.29, 0.717) is 6.04 Å². The van der Waals surface area contributed by atoms with Gasteiger partial charge in [-0.2, -0.15) is 0 Å². The quantitative estimate of drug-likeness (QED) is 0.755. The first kappa shape index (κ1) is 16.2. The summed E-state index contributed by atoms with van der Waals surface area (Å²) in [6.45, 7) is 13.0. The Kier molecular flexibility index (Phi) is 5.11. The van der Waals surface area contributed by atoms with Gasteiger partial charge in [-0.15, -0.1) is 0 Å². The van der Waals surface area contributed by atoms with Crippen LogP contribution in [0.3, 0.4) is 0 Å². The zero-order valence-corrected chi connectivity index (χ0v) is 13.6. The lowest BCUT2D eigenvalue weighted by Crippen LogP contribution is -2.44. The third-order valence-corrected chi connectivity index (χ3v) is 4.67. The lowest BCUT2D eigenvalue weighted by molar-refractivity contribution is -0.0698. The van der Waals surface area contributed by atoms with Crippen molar-refractivity contribution >= 4 is 0 Å². The first-order valence-electron chi connectivity index (χ1n) is 8.12. The molecular weight excluding hydrogens is 252 g/mol. The number of piperidine rings is 1. The van der Waals surface area contributed by atoms with E-state index in [0.717, 1.165) is 45.4 Å². The summed E-state index contributed by atoms with van der Waals surface area (Å²) in [5.74, 6) is 0. The second-order valence-corrected chi connectivity index (χ2v) is 7.60. The molecule has 0 radical (unpaired) electrons. The Bertz CT molecular complexity index is 310. The molecule has 0 bridgehead atoms. The number of aliphatic hydroxyl groups is 1. The van der Waals surface area contributed by atoms with Crippen LogP contribution in [-0.2, 0) is 4.74 Å². The van der Waals surface area contributed by atoms with E-state index in [4.69, 9.17) is 4.74 Å². The summed E-state index contributed by atoms with van der Waals surface area (Å²) in [4.78, 5) is 2.47. The van der Waals surface area contributed by atoms with Crippen molar-refractivity contribution in [2.24, 2.45) is 0 Å². The maximum atomic E-state index is 9.50. The minimum absolute atomic E-state index is 0.00975. The highest BCUT2D eigenvalue weighted by molar-refractivity contribution is 4.98. The van der Waals surface area contributed by atoms with Crippen LogP contribution < -0.4 is 5.32 Å². The number of ether oxygens (including phenoxy) is 1. The highest BCUT2D eigenvalue weighted by atomic mass is 16.5. The Morgan fingerprint density at radius 1 is 1.20 bits per heavy atom. The van der Waals surface area contributed by atoms with Gasteiger partial charge in [0.1, 0.15) is 0 Å². The van der Waals surface area contributed by atoms with Crippen molar-refractivity contribution in [2.75, 3.05) is 26.2 Å². The van der Waals surface area contributed by atoms with Gasteiger partial charge in [0.2, 0.25) is 0 Å². The van der Waals surface area contributed by atoms with Crippen LogP contribution in [0.1, 0.15) is 53.4 Å². The molecule has 2 heterocycles. The number of nitrogens with one attached hydrogen (secondary N) is 1. The maximum absolute atomic E-state index is 9.50. The summed E-state index contributed by atoms with van der Waals surface area (Å²) >= 11 is 0. The van der Waals surface area contributed by atoms with Gasteiger partial charge in [-0.25, -0.2) is 0 Å². The molecule has 2 saturated heterocycles. The van der Waals surface area contributed by atoms with Crippen molar-refractivity contribution in [1.82, 2.24) is 10.2 Å². The molecule has 0 aromatic rings. The standard InChI is InChI=1S/C16H32N2O2/c1-15(2)12-14(16(3,4)20-15)17-8-5-9-18-10-6-13(19)7-11-18/h13-14,17,19H,5-12H2,1-4H3. The number of hydrogen-bond donors (Lipinski definition) is 2. The molecule has 0 spiro atoms. The SMILES string of the molecule is CC1(C)CC(NCCCN2CCC(O)CC2)C(C)(C)O1. The monoisotopic (exact) mass is 284 g/mol. The Morgan fingerprint density at radius 2 is 1.85 bits per heavy atom. The average Bonchev–Trinajstić information content (AvgIpc) is 2.55. The predicted octanol–water partition coefficient (Wildman–Crippen LogP) is 1.77. The third kappa shape index (κ3) is 4.42. The van der Waals surface area contributed by atoms with Crippen LogP contribution in [0.5, 0.6) is 0 Å². The first-order valence-corrected chi connectivity index (χ1v) is 8.12. The molecule has 2 aliphatic heterocycles. The fraction of sp³-hybridized carbons (Fsp3) is 1.00. The van der Waals surface area contributed by atoms with Crippen LogP contribution >= 0.6 is 0 Å². The zero-order valence-electron chi connectivity index (χ0n) is 13.6. The van der Waals surface area contributed by atoms with Crippen LogP contribution in [0.15, 0.2) is 0 Å². The van der Waals surface area contributed by atoms with E-state index in [1.165, 1.54) is 6.42 Å². The minimum atomic E-state index is -0.0707. The molecule has 0 amide bonds. The van der Waals surface area contributed by atoms with Gasteiger partial charge >= 0.3 is 0 Å². The summed E-state index contributed by atoms with van der Waals surface area (Å²) in [7, 11) is 0. The summed E-state index contributed by atoms with van der Waals surface area (Å²) in [6, 6.07) is 0.445. The minimum Gasteiger partial charge on any atom is -0.393 e. The summed E-state index contributed by atoms with van der Waals surface area (Å²) in [5.41, 5.74) is -0.0804. The molecule has 1 atom stereocenters. The molecule has 2 rings (SSSR count). The lowest BCUT2D eigenvalue weighted by Gasteiger charge is -2.30. The van der Waals surface area contributed by atoms with Crippen molar-refractivity contribution in [3.8, 4) is 0 Å². The highest BCUT2D eigenvalue weighted by Gasteiger charge is 2.45. The van der Waals surface area contributed by atoms with Crippen LogP contribution in [0, 0.1) is 0 Å². The van der Waals surface area contributed by atoms with E-state index in [1.807, 2.05) is 0 Å². The van der Waals surface area contributed by atoms with E-state index in [2.05, 4.69) is 37.9 Å². The molecule has 0 aromatic carbocycles. The van der Waals surface area contributed by atoms with E-state index >= 15 is 0 Å².